The highest BCUT2D eigenvalue weighted by molar-refractivity contribution is 5.89. The first-order valence-corrected chi connectivity index (χ1v) is 11.5. The maximum absolute atomic E-state index is 12.2. The van der Waals surface area contributed by atoms with Gasteiger partial charge in [-0.3, -0.25) is 0 Å². The molecule has 4 rings (SSSR count). The molecule has 0 unspecified atom stereocenters. The van der Waals surface area contributed by atoms with Crippen molar-refractivity contribution in [3.63, 3.8) is 0 Å². The second kappa shape index (κ2) is 12.2. The zero-order chi connectivity index (χ0) is 24.3. The van der Waals surface area contributed by atoms with Gasteiger partial charge in [-0.2, -0.15) is 0 Å². The van der Waals surface area contributed by atoms with Crippen LogP contribution in [0.3, 0.4) is 0 Å². The van der Waals surface area contributed by atoms with Gasteiger partial charge in [0.1, 0.15) is 11.5 Å². The predicted octanol–water partition coefficient (Wildman–Crippen LogP) is 6.13. The van der Waals surface area contributed by atoms with Crippen molar-refractivity contribution in [2.45, 2.75) is 12.8 Å². The highest BCUT2D eigenvalue weighted by Crippen LogP contribution is 2.22. The van der Waals surface area contributed by atoms with Crippen LogP contribution >= 0.6 is 0 Å². The Bertz CT molecular complexity index is 1220. The third kappa shape index (κ3) is 7.30. The largest absolute Gasteiger partial charge is 0.482 e. The minimum Gasteiger partial charge on any atom is -0.482 e. The molecule has 4 aromatic carbocycles. The molecule has 0 N–H and O–H groups in total. The normalized spacial score (nSPS) is 10.4. The molecule has 5 nitrogen and oxygen atoms in total. The summed E-state index contributed by atoms with van der Waals surface area (Å²) >= 11 is 0. The Morgan fingerprint density at radius 1 is 0.629 bits per heavy atom. The summed E-state index contributed by atoms with van der Waals surface area (Å²) in [6, 6.07) is 33.8. The molecule has 0 spiro atoms. The Kier molecular flexibility index (Phi) is 8.28. The Balaban J connectivity index is 1.19. The molecule has 0 aromatic heterocycles. The number of esters is 2. The highest BCUT2D eigenvalue weighted by atomic mass is 16.6. The topological polar surface area (TPSA) is 61.8 Å². The van der Waals surface area contributed by atoms with Crippen LogP contribution in [0, 0.1) is 0 Å². The van der Waals surface area contributed by atoms with Crippen LogP contribution < -0.4 is 9.47 Å². The maximum Gasteiger partial charge on any atom is 0.349 e. The van der Waals surface area contributed by atoms with E-state index in [2.05, 4.69) is 12.1 Å². The summed E-state index contributed by atoms with van der Waals surface area (Å²) in [4.78, 5) is 24.4. The van der Waals surface area contributed by atoms with Crippen molar-refractivity contribution >= 4 is 11.9 Å². The van der Waals surface area contributed by atoms with E-state index in [1.807, 2.05) is 72.8 Å². The molecule has 0 bridgehead atoms. The van der Waals surface area contributed by atoms with Crippen molar-refractivity contribution in [2.24, 2.45) is 0 Å². The van der Waals surface area contributed by atoms with Crippen LogP contribution in [-0.2, 0) is 16.0 Å². The zero-order valence-electron chi connectivity index (χ0n) is 19.3. The second-order valence-electron chi connectivity index (χ2n) is 7.90. The number of carbonyl (C=O) groups excluding carboxylic acids is 2. The molecule has 0 aliphatic rings. The fourth-order valence-electron chi connectivity index (χ4n) is 3.51. The third-order valence-electron chi connectivity index (χ3n) is 5.33. The Hall–Kier alpha value is -4.38. The van der Waals surface area contributed by atoms with E-state index in [-0.39, 0.29) is 6.61 Å². The lowest BCUT2D eigenvalue weighted by Gasteiger charge is -2.09. The summed E-state index contributed by atoms with van der Waals surface area (Å²) in [5, 5.41) is 0. The van der Waals surface area contributed by atoms with Crippen LogP contribution in [0.5, 0.6) is 11.5 Å². The smallest absolute Gasteiger partial charge is 0.349 e. The molecule has 0 amide bonds. The van der Waals surface area contributed by atoms with Gasteiger partial charge in [-0.25, -0.2) is 9.59 Å². The average Bonchev–Trinajstić information content (AvgIpc) is 2.91. The van der Waals surface area contributed by atoms with E-state index < -0.39 is 11.9 Å². The molecule has 0 aliphatic carbocycles. The Morgan fingerprint density at radius 3 is 1.91 bits per heavy atom. The minimum atomic E-state index is -0.534. The summed E-state index contributed by atoms with van der Waals surface area (Å²) in [7, 11) is 0. The summed E-state index contributed by atoms with van der Waals surface area (Å²) in [6.07, 6.45) is 1.60. The first kappa shape index (κ1) is 23.8. The van der Waals surface area contributed by atoms with Crippen molar-refractivity contribution in [2.75, 3.05) is 13.2 Å². The number of hydrogen-bond donors (Lipinski definition) is 0. The van der Waals surface area contributed by atoms with E-state index in [0.717, 1.165) is 24.0 Å². The van der Waals surface area contributed by atoms with Crippen LogP contribution in [0.1, 0.15) is 22.3 Å². The van der Waals surface area contributed by atoms with Gasteiger partial charge in [0.15, 0.2) is 6.61 Å². The minimum absolute atomic E-state index is 0.226. The molecule has 0 atom stereocenters. The van der Waals surface area contributed by atoms with Crippen molar-refractivity contribution in [1.29, 1.82) is 0 Å². The van der Waals surface area contributed by atoms with Gasteiger partial charge in [-0.15, -0.1) is 0 Å². The summed E-state index contributed by atoms with van der Waals surface area (Å²) in [5.41, 5.74) is 3.79. The van der Waals surface area contributed by atoms with Gasteiger partial charge in [0.25, 0.3) is 0 Å². The van der Waals surface area contributed by atoms with E-state index in [0.29, 0.717) is 23.7 Å². The highest BCUT2D eigenvalue weighted by Gasteiger charge is 2.10. The lowest BCUT2D eigenvalue weighted by molar-refractivity contribution is -0.136. The molecule has 5 heteroatoms. The fraction of sp³-hybridized carbons (Fsp3) is 0.133. The van der Waals surface area contributed by atoms with Crippen LogP contribution in [0.25, 0.3) is 11.1 Å². The summed E-state index contributed by atoms with van der Waals surface area (Å²) < 4.78 is 16.2. The van der Waals surface area contributed by atoms with E-state index in [4.69, 9.17) is 14.2 Å². The van der Waals surface area contributed by atoms with Gasteiger partial charge >= 0.3 is 11.9 Å². The number of benzene rings is 4. The van der Waals surface area contributed by atoms with Gasteiger partial charge in [-0.1, -0.05) is 72.8 Å². The van der Waals surface area contributed by atoms with E-state index in [9.17, 15) is 9.59 Å². The molecule has 0 saturated heterocycles. The predicted molar refractivity (Wildman–Crippen MR) is 134 cm³/mol. The molecule has 35 heavy (non-hydrogen) atoms. The van der Waals surface area contributed by atoms with Gasteiger partial charge in [0.2, 0.25) is 0 Å². The number of ether oxygens (including phenoxy) is 3. The SMILES string of the molecule is O=C(COc1ccc(-c2ccccc2)cc1)Oc1ccc(C(=O)OCCCc2ccccc2)cc1. The van der Waals surface area contributed by atoms with Crippen LogP contribution in [-0.4, -0.2) is 25.2 Å². The lowest BCUT2D eigenvalue weighted by Crippen LogP contribution is -2.17. The second-order valence-corrected chi connectivity index (χ2v) is 7.90. The molecule has 0 heterocycles. The molecule has 0 aliphatic heterocycles. The molecule has 4 aromatic rings. The molecular formula is C30H26O5. The Labute approximate surface area is 204 Å². The number of rotatable bonds is 10. The maximum atomic E-state index is 12.2. The van der Waals surface area contributed by atoms with Gasteiger partial charge in [0.05, 0.1) is 12.2 Å². The van der Waals surface area contributed by atoms with Crippen molar-refractivity contribution in [1.82, 2.24) is 0 Å². The molecule has 0 saturated carbocycles. The summed E-state index contributed by atoms with van der Waals surface area (Å²) in [5.74, 6) is -0.0303. The van der Waals surface area contributed by atoms with Gasteiger partial charge in [0, 0.05) is 0 Å². The monoisotopic (exact) mass is 466 g/mol. The molecular weight excluding hydrogens is 440 g/mol. The zero-order valence-corrected chi connectivity index (χ0v) is 19.3. The fourth-order valence-corrected chi connectivity index (χ4v) is 3.51. The van der Waals surface area contributed by atoms with Crippen LogP contribution in [0.2, 0.25) is 0 Å². The first-order valence-electron chi connectivity index (χ1n) is 11.5. The van der Waals surface area contributed by atoms with E-state index >= 15 is 0 Å². The number of carbonyl (C=O) groups is 2. The number of aryl methyl sites for hydroxylation is 1. The lowest BCUT2D eigenvalue weighted by atomic mass is 10.1. The Morgan fingerprint density at radius 2 is 1.23 bits per heavy atom. The summed E-state index contributed by atoms with van der Waals surface area (Å²) in [6.45, 7) is 0.115. The molecule has 0 fully saturated rings. The number of hydrogen-bond acceptors (Lipinski definition) is 5. The van der Waals surface area contributed by atoms with E-state index in [1.54, 1.807) is 24.3 Å². The van der Waals surface area contributed by atoms with Crippen LogP contribution in [0.15, 0.2) is 109 Å². The van der Waals surface area contributed by atoms with Gasteiger partial charge < -0.3 is 14.2 Å². The van der Waals surface area contributed by atoms with E-state index in [1.165, 1.54) is 5.56 Å². The first-order chi connectivity index (χ1) is 17.2. The standard InChI is InChI=1S/C30H26O5/c31-29(22-34-27-17-13-25(14-18-27)24-11-5-2-6-12-24)35-28-19-15-26(16-20-28)30(32)33-21-7-10-23-8-3-1-4-9-23/h1-6,8-9,11-20H,7,10,21-22H2. The molecule has 176 valence electrons. The van der Waals surface area contributed by atoms with Crippen LogP contribution in [0.4, 0.5) is 0 Å². The van der Waals surface area contributed by atoms with Crippen molar-refractivity contribution in [3.05, 3.63) is 120 Å². The molecule has 0 radical (unpaired) electrons. The van der Waals surface area contributed by atoms with Gasteiger partial charge in [-0.05, 0) is 65.9 Å². The average molecular weight is 467 g/mol. The van der Waals surface area contributed by atoms with Crippen molar-refractivity contribution < 1.29 is 23.8 Å². The third-order valence-corrected chi connectivity index (χ3v) is 5.33. The quantitative estimate of drug-likeness (QED) is 0.160. The van der Waals surface area contributed by atoms with Crippen molar-refractivity contribution in [3.8, 4) is 22.6 Å².